The second-order valence-corrected chi connectivity index (χ2v) is 9.14. The van der Waals surface area contributed by atoms with E-state index in [1.165, 1.54) is 44.9 Å². The fraction of sp³-hybridized carbons (Fsp3) is 0.900. The van der Waals surface area contributed by atoms with Gasteiger partial charge in [0.05, 0.1) is 0 Å². The van der Waals surface area contributed by atoms with Gasteiger partial charge in [-0.1, -0.05) is 72.5 Å². The van der Waals surface area contributed by atoms with Crippen molar-refractivity contribution >= 4 is 0 Å². The Bertz CT molecular complexity index is 357. The van der Waals surface area contributed by atoms with Gasteiger partial charge in [-0.25, -0.2) is 0 Å². The standard InChI is InChI=1S/C20H36/c1-15(9-7-13-19(3,4)5)17-11-12-18-16(2)10-8-14-20(17,18)6/h11,15-16,18H,7-10,12-14H2,1-6H3/t15-,16+,18-,20+/m0/s1. The Hall–Kier alpha value is -0.260. The molecule has 2 aliphatic carbocycles. The normalized spacial score (nSPS) is 35.6. The lowest BCUT2D eigenvalue weighted by Crippen LogP contribution is -2.35. The molecule has 0 radical (unpaired) electrons. The van der Waals surface area contributed by atoms with Crippen LogP contribution in [0.25, 0.3) is 0 Å². The van der Waals surface area contributed by atoms with Crippen LogP contribution >= 0.6 is 0 Å². The van der Waals surface area contributed by atoms with Crippen LogP contribution in [0.15, 0.2) is 11.6 Å². The minimum Gasteiger partial charge on any atom is -0.0842 e. The summed E-state index contributed by atoms with van der Waals surface area (Å²) in [5, 5.41) is 0. The molecular formula is C20H36. The van der Waals surface area contributed by atoms with Gasteiger partial charge in [-0.2, -0.15) is 0 Å². The zero-order valence-corrected chi connectivity index (χ0v) is 14.8. The minimum atomic E-state index is 0.496. The van der Waals surface area contributed by atoms with Crippen molar-refractivity contribution in [3.63, 3.8) is 0 Å². The Morgan fingerprint density at radius 2 is 2.05 bits per heavy atom. The van der Waals surface area contributed by atoms with Crippen molar-refractivity contribution in [3.8, 4) is 0 Å². The molecule has 2 aliphatic rings. The van der Waals surface area contributed by atoms with E-state index >= 15 is 0 Å². The highest BCUT2D eigenvalue weighted by atomic mass is 14.5. The molecular weight excluding hydrogens is 240 g/mol. The van der Waals surface area contributed by atoms with Gasteiger partial charge in [0, 0.05) is 0 Å². The summed E-state index contributed by atoms with van der Waals surface area (Å²) < 4.78 is 0. The zero-order valence-electron chi connectivity index (χ0n) is 14.8. The van der Waals surface area contributed by atoms with Crippen LogP contribution in [-0.2, 0) is 0 Å². The van der Waals surface area contributed by atoms with E-state index in [-0.39, 0.29) is 0 Å². The maximum atomic E-state index is 2.63. The predicted octanol–water partition coefficient (Wildman–Crippen LogP) is 6.61. The second kappa shape index (κ2) is 5.85. The zero-order chi connectivity index (χ0) is 15.0. The summed E-state index contributed by atoms with van der Waals surface area (Å²) in [5.41, 5.74) is 2.86. The van der Waals surface area contributed by atoms with Gasteiger partial charge in [0.2, 0.25) is 0 Å². The smallest absolute Gasteiger partial charge is 0.00800 e. The lowest BCUT2D eigenvalue weighted by Gasteiger charge is -2.44. The molecule has 20 heavy (non-hydrogen) atoms. The Labute approximate surface area is 127 Å². The van der Waals surface area contributed by atoms with Crippen molar-refractivity contribution in [1.82, 2.24) is 0 Å². The van der Waals surface area contributed by atoms with Crippen molar-refractivity contribution < 1.29 is 0 Å². The molecule has 0 aromatic rings. The molecule has 0 heteroatoms. The summed E-state index contributed by atoms with van der Waals surface area (Å²) >= 11 is 0. The molecule has 0 unspecified atom stereocenters. The predicted molar refractivity (Wildman–Crippen MR) is 89.8 cm³/mol. The number of hydrogen-bond acceptors (Lipinski definition) is 0. The Morgan fingerprint density at radius 1 is 1.35 bits per heavy atom. The van der Waals surface area contributed by atoms with Crippen LogP contribution in [0.5, 0.6) is 0 Å². The van der Waals surface area contributed by atoms with Crippen molar-refractivity contribution in [2.75, 3.05) is 0 Å². The first-order chi connectivity index (χ1) is 9.24. The largest absolute Gasteiger partial charge is 0.0842 e. The molecule has 0 heterocycles. The van der Waals surface area contributed by atoms with Crippen LogP contribution < -0.4 is 0 Å². The Kier molecular flexibility index (Phi) is 4.72. The lowest BCUT2D eigenvalue weighted by molar-refractivity contribution is 0.109. The fourth-order valence-electron chi connectivity index (χ4n) is 5.00. The summed E-state index contributed by atoms with van der Waals surface area (Å²) in [6, 6.07) is 0. The van der Waals surface area contributed by atoms with Crippen molar-refractivity contribution in [2.45, 2.75) is 86.5 Å². The van der Waals surface area contributed by atoms with Crippen LogP contribution in [0, 0.1) is 28.6 Å². The summed E-state index contributed by atoms with van der Waals surface area (Å²) in [5.74, 6) is 2.68. The number of hydrogen-bond donors (Lipinski definition) is 0. The van der Waals surface area contributed by atoms with Crippen LogP contribution in [0.2, 0.25) is 0 Å². The molecule has 116 valence electrons. The molecule has 0 aromatic heterocycles. The average Bonchev–Trinajstić information content (AvgIpc) is 2.66. The maximum absolute atomic E-state index is 2.63. The van der Waals surface area contributed by atoms with Gasteiger partial charge in [-0.05, 0) is 54.3 Å². The van der Waals surface area contributed by atoms with E-state index in [2.05, 4.69) is 47.6 Å². The van der Waals surface area contributed by atoms with Gasteiger partial charge in [0.25, 0.3) is 0 Å². The molecule has 1 saturated carbocycles. The summed E-state index contributed by atoms with van der Waals surface area (Å²) in [7, 11) is 0. The van der Waals surface area contributed by atoms with Crippen molar-refractivity contribution in [2.24, 2.45) is 28.6 Å². The monoisotopic (exact) mass is 276 g/mol. The summed E-state index contributed by atoms with van der Waals surface area (Å²) in [6.45, 7) is 14.7. The van der Waals surface area contributed by atoms with Gasteiger partial charge >= 0.3 is 0 Å². The molecule has 0 N–H and O–H groups in total. The third-order valence-corrected chi connectivity index (χ3v) is 6.21. The second-order valence-electron chi connectivity index (χ2n) is 9.14. The highest BCUT2D eigenvalue weighted by Gasteiger charge is 2.46. The Balaban J connectivity index is 1.95. The molecule has 4 atom stereocenters. The molecule has 0 amide bonds. The van der Waals surface area contributed by atoms with E-state index in [0.717, 1.165) is 17.8 Å². The van der Waals surface area contributed by atoms with E-state index in [0.29, 0.717) is 10.8 Å². The molecule has 0 bridgehead atoms. The molecule has 2 rings (SSSR count). The van der Waals surface area contributed by atoms with Crippen molar-refractivity contribution in [3.05, 3.63) is 11.6 Å². The lowest BCUT2D eigenvalue weighted by atomic mass is 9.60. The first-order valence-corrected chi connectivity index (χ1v) is 8.94. The molecule has 0 aliphatic heterocycles. The molecule has 0 spiro atoms. The van der Waals surface area contributed by atoms with E-state index in [4.69, 9.17) is 0 Å². The average molecular weight is 277 g/mol. The summed E-state index contributed by atoms with van der Waals surface area (Å²) in [6.07, 6.45) is 12.5. The number of fused-ring (bicyclic) bond motifs is 1. The molecule has 1 fully saturated rings. The van der Waals surface area contributed by atoms with Gasteiger partial charge in [-0.3, -0.25) is 0 Å². The van der Waals surface area contributed by atoms with Crippen LogP contribution in [0.4, 0.5) is 0 Å². The highest BCUT2D eigenvalue weighted by Crippen LogP contribution is 2.56. The Morgan fingerprint density at radius 3 is 2.70 bits per heavy atom. The molecule has 0 nitrogen and oxygen atoms in total. The maximum Gasteiger partial charge on any atom is -0.00800 e. The SMILES string of the molecule is C[C@@H]1CCC[C@]2(C)C([C@@H](C)CCCC(C)(C)C)=CC[C@@H]12. The third kappa shape index (κ3) is 3.31. The van der Waals surface area contributed by atoms with Crippen molar-refractivity contribution in [1.29, 1.82) is 0 Å². The first kappa shape index (κ1) is 16.1. The fourth-order valence-corrected chi connectivity index (χ4v) is 5.00. The number of rotatable bonds is 4. The van der Waals surface area contributed by atoms with E-state index in [9.17, 15) is 0 Å². The van der Waals surface area contributed by atoms with E-state index in [1.807, 2.05) is 5.57 Å². The number of allylic oxidation sites excluding steroid dienone is 2. The minimum absolute atomic E-state index is 0.496. The highest BCUT2D eigenvalue weighted by molar-refractivity contribution is 5.25. The molecule has 0 saturated heterocycles. The third-order valence-electron chi connectivity index (χ3n) is 6.21. The van der Waals surface area contributed by atoms with Gasteiger partial charge in [-0.15, -0.1) is 0 Å². The first-order valence-electron chi connectivity index (χ1n) is 8.94. The quantitative estimate of drug-likeness (QED) is 0.507. The molecule has 0 aromatic carbocycles. The van der Waals surface area contributed by atoms with E-state index < -0.39 is 0 Å². The van der Waals surface area contributed by atoms with Crippen LogP contribution in [-0.4, -0.2) is 0 Å². The van der Waals surface area contributed by atoms with Gasteiger partial charge < -0.3 is 0 Å². The van der Waals surface area contributed by atoms with Crippen LogP contribution in [0.1, 0.15) is 86.5 Å². The van der Waals surface area contributed by atoms with Gasteiger partial charge in [0.1, 0.15) is 0 Å². The van der Waals surface area contributed by atoms with E-state index in [1.54, 1.807) is 0 Å². The van der Waals surface area contributed by atoms with Crippen LogP contribution in [0.3, 0.4) is 0 Å². The van der Waals surface area contributed by atoms with Gasteiger partial charge in [0.15, 0.2) is 0 Å². The topological polar surface area (TPSA) is 0 Å². The summed E-state index contributed by atoms with van der Waals surface area (Å²) in [4.78, 5) is 0.